The van der Waals surface area contributed by atoms with Crippen LogP contribution in [0.3, 0.4) is 0 Å². The molecule has 3 heteroatoms. The molecule has 0 radical (unpaired) electrons. The minimum atomic E-state index is -1.15. The molecule has 3 N–H and O–H groups in total. The van der Waals surface area contributed by atoms with Crippen LogP contribution in [0.2, 0.25) is 0 Å². The summed E-state index contributed by atoms with van der Waals surface area (Å²) in [5, 5.41) is 28.3. The minimum absolute atomic E-state index is 0.369. The summed E-state index contributed by atoms with van der Waals surface area (Å²) in [7, 11) is 0. The number of hydrogen-bond donors (Lipinski definition) is 3. The molecule has 0 aromatic heterocycles. The zero-order valence-corrected chi connectivity index (χ0v) is 15.7. The second-order valence-corrected chi connectivity index (χ2v) is 7.40. The smallest absolute Gasteiger partial charge is 0.105 e. The van der Waals surface area contributed by atoms with Crippen LogP contribution in [-0.2, 0) is 0 Å². The first-order valence-electron chi connectivity index (χ1n) is 10.1. The fourth-order valence-electron chi connectivity index (χ4n) is 3.04. The van der Waals surface area contributed by atoms with E-state index in [4.69, 9.17) is 5.11 Å². The highest BCUT2D eigenvalue weighted by Gasteiger charge is 2.28. The molecule has 0 saturated heterocycles. The summed E-state index contributed by atoms with van der Waals surface area (Å²) in [6.07, 6.45) is 17.9. The molecule has 2 atom stereocenters. The molecule has 0 spiro atoms. The normalized spacial score (nSPS) is 15.5. The number of unbranched alkanes of at least 4 members (excludes halogenated alkanes) is 13. The lowest BCUT2D eigenvalue weighted by Crippen LogP contribution is -2.41. The van der Waals surface area contributed by atoms with E-state index < -0.39 is 11.7 Å². The Morgan fingerprint density at radius 2 is 1.04 bits per heavy atom. The molecular weight excluding hydrogens is 288 g/mol. The third-order valence-corrected chi connectivity index (χ3v) is 4.93. The lowest BCUT2D eigenvalue weighted by Gasteiger charge is -2.27. The third kappa shape index (κ3) is 14.0. The number of aliphatic hydroxyl groups is 3. The van der Waals surface area contributed by atoms with Crippen molar-refractivity contribution in [1.82, 2.24) is 0 Å². The van der Waals surface area contributed by atoms with Crippen molar-refractivity contribution in [1.29, 1.82) is 0 Å². The van der Waals surface area contributed by atoms with Gasteiger partial charge in [0, 0.05) is 0 Å². The summed E-state index contributed by atoms with van der Waals surface area (Å²) in [6.45, 7) is 3.50. The molecule has 0 bridgehead atoms. The highest BCUT2D eigenvalue weighted by molar-refractivity contribution is 4.80. The van der Waals surface area contributed by atoms with E-state index in [9.17, 15) is 10.2 Å². The average molecular weight is 331 g/mol. The molecule has 0 aliphatic heterocycles. The van der Waals surface area contributed by atoms with Crippen LogP contribution < -0.4 is 0 Å². The van der Waals surface area contributed by atoms with Crippen molar-refractivity contribution in [2.24, 2.45) is 0 Å². The van der Waals surface area contributed by atoms with Gasteiger partial charge in [0.1, 0.15) is 6.10 Å². The van der Waals surface area contributed by atoms with Gasteiger partial charge in [-0.2, -0.15) is 0 Å². The van der Waals surface area contributed by atoms with Gasteiger partial charge in [0.2, 0.25) is 0 Å². The Kier molecular flexibility index (Phi) is 15.3. The monoisotopic (exact) mass is 330 g/mol. The lowest BCUT2D eigenvalue weighted by molar-refractivity contribution is -0.0883. The Morgan fingerprint density at radius 3 is 1.39 bits per heavy atom. The van der Waals surface area contributed by atoms with Gasteiger partial charge in [0.05, 0.1) is 12.2 Å². The van der Waals surface area contributed by atoms with Crippen LogP contribution in [0.4, 0.5) is 0 Å². The standard InChI is InChI=1S/C20H42O3/c1-3-4-5-6-7-8-9-10-11-12-13-14-15-16-17-20(2,23)19(22)18-21/h19,21-23H,3-18H2,1-2H3. The van der Waals surface area contributed by atoms with Crippen molar-refractivity contribution in [3.8, 4) is 0 Å². The molecule has 23 heavy (non-hydrogen) atoms. The van der Waals surface area contributed by atoms with Crippen LogP contribution in [0, 0.1) is 0 Å². The van der Waals surface area contributed by atoms with Gasteiger partial charge in [-0.15, -0.1) is 0 Å². The second kappa shape index (κ2) is 15.4. The van der Waals surface area contributed by atoms with Crippen LogP contribution in [0.15, 0.2) is 0 Å². The first-order chi connectivity index (χ1) is 11.0. The van der Waals surface area contributed by atoms with Crippen LogP contribution in [0.1, 0.15) is 110 Å². The van der Waals surface area contributed by atoms with E-state index in [1.165, 1.54) is 77.0 Å². The summed E-state index contributed by atoms with van der Waals surface area (Å²) >= 11 is 0. The fourth-order valence-corrected chi connectivity index (χ4v) is 3.04. The molecule has 3 nitrogen and oxygen atoms in total. The SMILES string of the molecule is CCCCCCCCCCCCCCCCC(C)(O)C(O)CO. The van der Waals surface area contributed by atoms with Gasteiger partial charge in [-0.3, -0.25) is 0 Å². The first kappa shape index (κ1) is 22.9. The molecule has 0 amide bonds. The van der Waals surface area contributed by atoms with Crippen molar-refractivity contribution in [3.63, 3.8) is 0 Å². The molecule has 0 aromatic rings. The van der Waals surface area contributed by atoms with Gasteiger partial charge >= 0.3 is 0 Å². The highest BCUT2D eigenvalue weighted by Crippen LogP contribution is 2.20. The van der Waals surface area contributed by atoms with Crippen molar-refractivity contribution < 1.29 is 15.3 Å². The average Bonchev–Trinajstić information content (AvgIpc) is 2.54. The highest BCUT2D eigenvalue weighted by atomic mass is 16.4. The summed E-state index contributed by atoms with van der Waals surface area (Å²) in [4.78, 5) is 0. The number of aliphatic hydroxyl groups excluding tert-OH is 2. The summed E-state index contributed by atoms with van der Waals surface area (Å²) in [5.41, 5.74) is -1.15. The predicted octanol–water partition coefficient (Wildman–Crippen LogP) is 4.96. The maximum absolute atomic E-state index is 9.96. The van der Waals surface area contributed by atoms with Crippen molar-refractivity contribution in [3.05, 3.63) is 0 Å². The Labute approximate surface area is 144 Å². The molecular formula is C20H42O3. The Bertz CT molecular complexity index is 241. The predicted molar refractivity (Wildman–Crippen MR) is 98.6 cm³/mol. The van der Waals surface area contributed by atoms with Gasteiger partial charge in [0.25, 0.3) is 0 Å². The molecule has 140 valence electrons. The van der Waals surface area contributed by atoms with Crippen LogP contribution in [0.25, 0.3) is 0 Å². The summed E-state index contributed by atoms with van der Waals surface area (Å²) < 4.78 is 0. The molecule has 0 aliphatic rings. The largest absolute Gasteiger partial charge is 0.394 e. The van der Waals surface area contributed by atoms with Gasteiger partial charge < -0.3 is 15.3 Å². The zero-order valence-electron chi connectivity index (χ0n) is 15.7. The Balaban J connectivity index is 3.22. The van der Waals surface area contributed by atoms with Crippen molar-refractivity contribution in [2.45, 2.75) is 122 Å². The Morgan fingerprint density at radius 1 is 0.696 bits per heavy atom. The summed E-state index contributed by atoms with van der Waals surface area (Å²) in [6, 6.07) is 0. The first-order valence-corrected chi connectivity index (χ1v) is 10.1. The van der Waals surface area contributed by atoms with Crippen LogP contribution in [-0.4, -0.2) is 33.6 Å². The van der Waals surface area contributed by atoms with Crippen LogP contribution in [0.5, 0.6) is 0 Å². The Hall–Kier alpha value is -0.120. The molecule has 0 rings (SSSR count). The number of rotatable bonds is 17. The van der Waals surface area contributed by atoms with E-state index in [0.29, 0.717) is 6.42 Å². The molecule has 0 aromatic carbocycles. The minimum Gasteiger partial charge on any atom is -0.394 e. The van der Waals surface area contributed by atoms with E-state index in [0.717, 1.165) is 12.8 Å². The van der Waals surface area contributed by atoms with E-state index in [-0.39, 0.29) is 6.61 Å². The van der Waals surface area contributed by atoms with Crippen molar-refractivity contribution in [2.75, 3.05) is 6.61 Å². The second-order valence-electron chi connectivity index (χ2n) is 7.40. The molecule has 0 heterocycles. The summed E-state index contributed by atoms with van der Waals surface area (Å²) in [5.74, 6) is 0. The van der Waals surface area contributed by atoms with E-state index >= 15 is 0 Å². The number of hydrogen-bond acceptors (Lipinski definition) is 3. The van der Waals surface area contributed by atoms with Crippen molar-refractivity contribution >= 4 is 0 Å². The molecule has 0 fully saturated rings. The quantitative estimate of drug-likeness (QED) is 0.330. The van der Waals surface area contributed by atoms with Gasteiger partial charge in [0.15, 0.2) is 0 Å². The fraction of sp³-hybridized carbons (Fsp3) is 1.00. The van der Waals surface area contributed by atoms with E-state index in [1.807, 2.05) is 0 Å². The van der Waals surface area contributed by atoms with E-state index in [1.54, 1.807) is 6.92 Å². The molecule has 2 unspecified atom stereocenters. The molecule has 0 aliphatic carbocycles. The van der Waals surface area contributed by atoms with Crippen LogP contribution >= 0.6 is 0 Å². The molecule has 0 saturated carbocycles. The van der Waals surface area contributed by atoms with Gasteiger partial charge in [-0.05, 0) is 13.3 Å². The zero-order chi connectivity index (χ0) is 17.4. The third-order valence-electron chi connectivity index (χ3n) is 4.93. The van der Waals surface area contributed by atoms with Gasteiger partial charge in [-0.1, -0.05) is 96.8 Å². The lowest BCUT2D eigenvalue weighted by atomic mass is 9.92. The van der Waals surface area contributed by atoms with E-state index in [2.05, 4.69) is 6.92 Å². The maximum atomic E-state index is 9.96. The maximum Gasteiger partial charge on any atom is 0.105 e. The van der Waals surface area contributed by atoms with Gasteiger partial charge in [-0.25, -0.2) is 0 Å². The topological polar surface area (TPSA) is 60.7 Å².